The molecule has 1 N–H and O–H groups in total. The molecule has 1 heterocycles. The van der Waals surface area contributed by atoms with Gasteiger partial charge >= 0.3 is 0 Å². The molecule has 1 rings (SSSR count). The number of hydrogen-bond donors (Lipinski definition) is 1. The second-order valence-electron chi connectivity index (χ2n) is 3.45. The van der Waals surface area contributed by atoms with E-state index < -0.39 is 0 Å². The average Bonchev–Trinajstić information content (AvgIpc) is 2.57. The van der Waals surface area contributed by atoms with Crippen molar-refractivity contribution >= 4 is 5.91 Å². The highest BCUT2D eigenvalue weighted by molar-refractivity contribution is 5.93. The summed E-state index contributed by atoms with van der Waals surface area (Å²) in [5.41, 5.74) is 0.684. The molecule has 1 amide bonds. The van der Waals surface area contributed by atoms with Crippen LogP contribution in [0.15, 0.2) is 12.2 Å². The van der Waals surface area contributed by atoms with Gasteiger partial charge in [0.2, 0.25) is 5.91 Å². The molecule has 1 aliphatic rings. The molecule has 0 atom stereocenters. The van der Waals surface area contributed by atoms with Crippen molar-refractivity contribution in [1.82, 2.24) is 10.2 Å². The molecule has 3 heteroatoms. The first kappa shape index (κ1) is 10.3. The number of likely N-dealkylation sites (tertiary alicyclic amines) is 1. The van der Waals surface area contributed by atoms with E-state index in [4.69, 9.17) is 0 Å². The molecule has 1 saturated heterocycles. The molecule has 0 radical (unpaired) electrons. The van der Waals surface area contributed by atoms with Crippen molar-refractivity contribution in [2.45, 2.75) is 19.8 Å². The van der Waals surface area contributed by atoms with Gasteiger partial charge in [-0.15, -0.1) is 0 Å². The lowest BCUT2D eigenvalue weighted by Crippen LogP contribution is -2.31. The van der Waals surface area contributed by atoms with Crippen LogP contribution in [0, 0.1) is 0 Å². The number of amides is 1. The fraction of sp³-hybridized carbons (Fsp3) is 0.700. The summed E-state index contributed by atoms with van der Waals surface area (Å²) >= 11 is 0. The third kappa shape index (κ3) is 3.19. The van der Waals surface area contributed by atoms with Crippen molar-refractivity contribution in [2.75, 3.05) is 26.2 Å². The van der Waals surface area contributed by atoms with Crippen molar-refractivity contribution in [2.24, 2.45) is 0 Å². The summed E-state index contributed by atoms with van der Waals surface area (Å²) in [6.07, 6.45) is 2.51. The maximum Gasteiger partial charge on any atom is 0.247 e. The van der Waals surface area contributed by atoms with Crippen molar-refractivity contribution in [3.8, 4) is 0 Å². The van der Waals surface area contributed by atoms with Crippen LogP contribution in [0.4, 0.5) is 0 Å². The zero-order valence-corrected chi connectivity index (χ0v) is 8.31. The van der Waals surface area contributed by atoms with E-state index in [0.717, 1.165) is 19.6 Å². The van der Waals surface area contributed by atoms with Crippen molar-refractivity contribution < 1.29 is 4.79 Å². The van der Waals surface area contributed by atoms with E-state index in [1.165, 1.54) is 12.8 Å². The summed E-state index contributed by atoms with van der Waals surface area (Å²) in [5.74, 6) is -0.00519. The number of nitrogens with zero attached hydrogens (tertiary/aromatic N) is 1. The van der Waals surface area contributed by atoms with Crippen LogP contribution in [-0.2, 0) is 4.79 Å². The van der Waals surface area contributed by atoms with Crippen LogP contribution in [0.25, 0.3) is 0 Å². The Balaban J connectivity index is 2.27. The quantitative estimate of drug-likeness (QED) is 0.651. The lowest BCUT2D eigenvalue weighted by atomic mass is 10.2. The Morgan fingerprint density at radius 3 is 2.62 bits per heavy atom. The molecule has 1 aliphatic heterocycles. The lowest BCUT2D eigenvalue weighted by Gasteiger charge is -2.15. The highest BCUT2D eigenvalue weighted by Gasteiger charge is 2.14. The van der Waals surface area contributed by atoms with E-state index in [0.29, 0.717) is 12.1 Å². The van der Waals surface area contributed by atoms with Crippen LogP contribution < -0.4 is 5.32 Å². The molecule has 0 aromatic carbocycles. The Hall–Kier alpha value is -0.830. The molecule has 74 valence electrons. The fourth-order valence-electron chi connectivity index (χ4n) is 1.57. The molecule has 3 nitrogen and oxygen atoms in total. The largest absolute Gasteiger partial charge is 0.353 e. The van der Waals surface area contributed by atoms with Crippen molar-refractivity contribution in [1.29, 1.82) is 0 Å². The Morgan fingerprint density at radius 2 is 2.08 bits per heavy atom. The van der Waals surface area contributed by atoms with Crippen LogP contribution >= 0.6 is 0 Å². The number of likely N-dealkylation sites (N-methyl/N-ethyl adjacent to an activating group) is 1. The molecule has 0 aliphatic carbocycles. The van der Waals surface area contributed by atoms with Crippen LogP contribution in [0.2, 0.25) is 0 Å². The van der Waals surface area contributed by atoms with Crippen LogP contribution in [0.1, 0.15) is 19.8 Å². The minimum Gasteiger partial charge on any atom is -0.353 e. The molecule has 0 unspecified atom stereocenters. The second kappa shape index (κ2) is 5.02. The van der Waals surface area contributed by atoms with Crippen molar-refractivity contribution in [3.05, 3.63) is 12.2 Å². The SMILES string of the molecule is C=C(CN1CCCC1)C(=O)NCC. The van der Waals surface area contributed by atoms with E-state index in [1.807, 2.05) is 6.92 Å². The van der Waals surface area contributed by atoms with E-state index in [1.54, 1.807) is 0 Å². The first-order chi connectivity index (χ1) is 6.24. The molecule has 0 aromatic rings. The predicted molar refractivity (Wildman–Crippen MR) is 53.5 cm³/mol. The average molecular weight is 182 g/mol. The molecule has 0 aromatic heterocycles. The van der Waals surface area contributed by atoms with Crippen LogP contribution in [-0.4, -0.2) is 37.0 Å². The normalized spacial score (nSPS) is 17.3. The van der Waals surface area contributed by atoms with Crippen LogP contribution in [0.5, 0.6) is 0 Å². The van der Waals surface area contributed by atoms with Gasteiger partial charge in [0.25, 0.3) is 0 Å². The van der Waals surface area contributed by atoms with Gasteiger partial charge in [-0.3, -0.25) is 9.69 Å². The number of hydrogen-bond acceptors (Lipinski definition) is 2. The number of rotatable bonds is 4. The maximum absolute atomic E-state index is 11.3. The summed E-state index contributed by atoms with van der Waals surface area (Å²) in [6.45, 7) is 9.33. The summed E-state index contributed by atoms with van der Waals surface area (Å²) in [5, 5.41) is 2.75. The Labute approximate surface area is 79.8 Å². The predicted octanol–water partition coefficient (Wildman–Crippen LogP) is 0.774. The number of carbonyl (C=O) groups is 1. The smallest absolute Gasteiger partial charge is 0.247 e. The Morgan fingerprint density at radius 1 is 1.46 bits per heavy atom. The van der Waals surface area contributed by atoms with Gasteiger partial charge in [-0.25, -0.2) is 0 Å². The molecule has 0 bridgehead atoms. The highest BCUT2D eigenvalue weighted by atomic mass is 16.1. The summed E-state index contributed by atoms with van der Waals surface area (Å²) in [6, 6.07) is 0. The van der Waals surface area contributed by atoms with E-state index in [9.17, 15) is 4.79 Å². The summed E-state index contributed by atoms with van der Waals surface area (Å²) < 4.78 is 0. The number of nitrogens with one attached hydrogen (secondary N) is 1. The van der Waals surface area contributed by atoms with Crippen LogP contribution in [0.3, 0.4) is 0 Å². The first-order valence-electron chi connectivity index (χ1n) is 4.92. The summed E-state index contributed by atoms with van der Waals surface area (Å²) in [7, 11) is 0. The fourth-order valence-corrected chi connectivity index (χ4v) is 1.57. The van der Waals surface area contributed by atoms with E-state index in [-0.39, 0.29) is 5.91 Å². The standard InChI is InChI=1S/C10H18N2O/c1-3-11-10(13)9(2)8-12-6-4-5-7-12/h2-8H2,1H3,(H,11,13). The summed E-state index contributed by atoms with van der Waals surface area (Å²) in [4.78, 5) is 13.6. The molecule has 13 heavy (non-hydrogen) atoms. The van der Waals surface area contributed by atoms with Crippen molar-refractivity contribution in [3.63, 3.8) is 0 Å². The number of carbonyl (C=O) groups excluding carboxylic acids is 1. The Kier molecular flexibility index (Phi) is 3.96. The van der Waals surface area contributed by atoms with E-state index in [2.05, 4.69) is 16.8 Å². The first-order valence-corrected chi connectivity index (χ1v) is 4.92. The monoisotopic (exact) mass is 182 g/mol. The van der Waals surface area contributed by atoms with Gasteiger partial charge in [-0.05, 0) is 32.9 Å². The van der Waals surface area contributed by atoms with Gasteiger partial charge in [0.15, 0.2) is 0 Å². The molecule has 0 spiro atoms. The second-order valence-corrected chi connectivity index (χ2v) is 3.45. The Bertz CT molecular complexity index is 195. The van der Waals surface area contributed by atoms with E-state index >= 15 is 0 Å². The highest BCUT2D eigenvalue weighted by Crippen LogP contribution is 2.08. The zero-order valence-electron chi connectivity index (χ0n) is 8.31. The third-order valence-corrected chi connectivity index (χ3v) is 2.27. The minimum atomic E-state index is -0.00519. The topological polar surface area (TPSA) is 32.3 Å². The van der Waals surface area contributed by atoms with Gasteiger partial charge in [-0.2, -0.15) is 0 Å². The van der Waals surface area contributed by atoms with Gasteiger partial charge in [0.1, 0.15) is 0 Å². The third-order valence-electron chi connectivity index (χ3n) is 2.27. The van der Waals surface area contributed by atoms with Gasteiger partial charge in [0.05, 0.1) is 0 Å². The zero-order chi connectivity index (χ0) is 9.68. The van der Waals surface area contributed by atoms with Gasteiger partial charge in [0, 0.05) is 18.7 Å². The van der Waals surface area contributed by atoms with Gasteiger partial charge < -0.3 is 5.32 Å². The van der Waals surface area contributed by atoms with Gasteiger partial charge in [-0.1, -0.05) is 6.58 Å². The molecular weight excluding hydrogens is 164 g/mol. The molecular formula is C10H18N2O. The molecule has 1 fully saturated rings. The minimum absolute atomic E-state index is 0.00519. The maximum atomic E-state index is 11.3. The molecule has 0 saturated carbocycles. The lowest BCUT2D eigenvalue weighted by molar-refractivity contribution is -0.117.